The second kappa shape index (κ2) is 8.68. The van der Waals surface area contributed by atoms with E-state index in [-0.39, 0.29) is 30.7 Å². The zero-order valence-corrected chi connectivity index (χ0v) is 16.3. The number of thiophene rings is 1. The Balaban J connectivity index is 0.00000121. The van der Waals surface area contributed by atoms with Gasteiger partial charge >= 0.3 is 0 Å². The maximum Gasteiger partial charge on any atom is 0.289 e. The standard InChI is InChI=1S/C16H17N5O2S.2ClH/c17-9-11-1-2-13(23-11)16(22)21-6-4-20(5-7-21)14-12-3-8-24-15(12)19-10-18-14;;/h1-3,8,10H,4-7,9,17H2;2*1H. The zero-order valence-electron chi connectivity index (χ0n) is 13.8. The highest BCUT2D eigenvalue weighted by atomic mass is 35.5. The van der Waals surface area contributed by atoms with E-state index in [0.717, 1.165) is 29.1 Å². The molecule has 26 heavy (non-hydrogen) atoms. The van der Waals surface area contributed by atoms with E-state index >= 15 is 0 Å². The highest BCUT2D eigenvalue weighted by molar-refractivity contribution is 7.16. The average molecular weight is 416 g/mol. The van der Waals surface area contributed by atoms with E-state index in [1.807, 2.05) is 16.3 Å². The van der Waals surface area contributed by atoms with Gasteiger partial charge in [0.2, 0.25) is 0 Å². The number of halogens is 2. The van der Waals surface area contributed by atoms with Crippen LogP contribution in [0.3, 0.4) is 0 Å². The number of rotatable bonds is 3. The smallest absolute Gasteiger partial charge is 0.289 e. The molecule has 10 heteroatoms. The van der Waals surface area contributed by atoms with Crippen molar-refractivity contribution in [3.8, 4) is 0 Å². The lowest BCUT2D eigenvalue weighted by Gasteiger charge is -2.35. The van der Waals surface area contributed by atoms with Crippen LogP contribution >= 0.6 is 36.2 Å². The van der Waals surface area contributed by atoms with Gasteiger partial charge in [-0.1, -0.05) is 0 Å². The van der Waals surface area contributed by atoms with Crippen LogP contribution in [0, 0.1) is 0 Å². The quantitative estimate of drug-likeness (QED) is 0.706. The summed E-state index contributed by atoms with van der Waals surface area (Å²) < 4.78 is 5.46. The molecule has 1 aliphatic rings. The molecule has 1 amide bonds. The van der Waals surface area contributed by atoms with E-state index in [2.05, 4.69) is 14.9 Å². The number of amides is 1. The fourth-order valence-corrected chi connectivity index (χ4v) is 3.64. The van der Waals surface area contributed by atoms with Crippen LogP contribution in [-0.2, 0) is 6.54 Å². The van der Waals surface area contributed by atoms with Crippen molar-refractivity contribution < 1.29 is 9.21 Å². The van der Waals surface area contributed by atoms with Crippen molar-refractivity contribution in [3.63, 3.8) is 0 Å². The van der Waals surface area contributed by atoms with Gasteiger partial charge in [0.1, 0.15) is 22.7 Å². The van der Waals surface area contributed by atoms with Crippen molar-refractivity contribution in [2.45, 2.75) is 6.54 Å². The number of anilines is 1. The van der Waals surface area contributed by atoms with E-state index < -0.39 is 0 Å². The maximum absolute atomic E-state index is 12.5. The summed E-state index contributed by atoms with van der Waals surface area (Å²) in [4.78, 5) is 26.2. The molecule has 0 bridgehead atoms. The van der Waals surface area contributed by atoms with Crippen molar-refractivity contribution in [2.24, 2.45) is 5.73 Å². The van der Waals surface area contributed by atoms with E-state index in [0.29, 0.717) is 31.2 Å². The first kappa shape index (κ1) is 20.4. The highest BCUT2D eigenvalue weighted by Crippen LogP contribution is 2.27. The molecule has 0 aliphatic carbocycles. The molecule has 1 saturated heterocycles. The summed E-state index contributed by atoms with van der Waals surface area (Å²) in [6, 6.07) is 5.48. The summed E-state index contributed by atoms with van der Waals surface area (Å²) in [6.07, 6.45) is 1.60. The minimum Gasteiger partial charge on any atom is -0.455 e. The number of nitrogens with two attached hydrogens (primary N) is 1. The molecule has 1 fully saturated rings. The molecule has 2 N–H and O–H groups in total. The van der Waals surface area contributed by atoms with Crippen molar-refractivity contribution in [1.29, 1.82) is 0 Å². The fourth-order valence-electron chi connectivity index (χ4n) is 2.91. The van der Waals surface area contributed by atoms with E-state index in [4.69, 9.17) is 10.2 Å². The molecule has 7 nitrogen and oxygen atoms in total. The Morgan fingerprint density at radius 1 is 1.15 bits per heavy atom. The van der Waals surface area contributed by atoms with Crippen LogP contribution < -0.4 is 10.6 Å². The Hall–Kier alpha value is -1.87. The first-order valence-electron chi connectivity index (χ1n) is 7.77. The molecule has 0 atom stereocenters. The largest absolute Gasteiger partial charge is 0.455 e. The number of aromatic nitrogens is 2. The SMILES string of the molecule is Cl.Cl.NCc1ccc(C(=O)N2CCN(c3ncnc4sccc34)CC2)o1. The van der Waals surface area contributed by atoms with Crippen molar-refractivity contribution >= 4 is 58.1 Å². The number of furan rings is 1. The third-order valence-corrected chi connectivity index (χ3v) is 5.00. The highest BCUT2D eigenvalue weighted by Gasteiger charge is 2.25. The van der Waals surface area contributed by atoms with Gasteiger partial charge < -0.3 is 20.0 Å². The van der Waals surface area contributed by atoms with Crippen LogP contribution in [0.4, 0.5) is 5.82 Å². The number of hydrogen-bond donors (Lipinski definition) is 1. The topological polar surface area (TPSA) is 88.5 Å². The van der Waals surface area contributed by atoms with Crippen LogP contribution in [0.1, 0.15) is 16.3 Å². The van der Waals surface area contributed by atoms with Crippen LogP contribution in [0.2, 0.25) is 0 Å². The van der Waals surface area contributed by atoms with E-state index in [1.165, 1.54) is 0 Å². The Morgan fingerprint density at radius 2 is 1.92 bits per heavy atom. The van der Waals surface area contributed by atoms with Crippen LogP contribution in [0.15, 0.2) is 34.3 Å². The Labute approximate surface area is 167 Å². The molecule has 0 aromatic carbocycles. The van der Waals surface area contributed by atoms with Gasteiger partial charge in [-0.25, -0.2) is 9.97 Å². The third kappa shape index (κ3) is 3.78. The second-order valence-corrected chi connectivity index (χ2v) is 6.48. The molecule has 0 radical (unpaired) electrons. The van der Waals surface area contributed by atoms with Gasteiger partial charge in [0.05, 0.1) is 11.9 Å². The van der Waals surface area contributed by atoms with Crippen molar-refractivity contribution in [3.05, 3.63) is 41.4 Å². The van der Waals surface area contributed by atoms with Gasteiger partial charge in [0.25, 0.3) is 5.91 Å². The minimum atomic E-state index is -0.0854. The molecule has 0 saturated carbocycles. The number of piperazine rings is 1. The molecule has 140 valence electrons. The monoisotopic (exact) mass is 415 g/mol. The molecule has 0 unspecified atom stereocenters. The van der Waals surface area contributed by atoms with Gasteiger partial charge in [-0.2, -0.15) is 0 Å². The van der Waals surface area contributed by atoms with Gasteiger partial charge in [-0.15, -0.1) is 36.2 Å². The van der Waals surface area contributed by atoms with Crippen molar-refractivity contribution in [2.75, 3.05) is 31.1 Å². The summed E-state index contributed by atoms with van der Waals surface area (Å²) in [5, 5.41) is 3.09. The second-order valence-electron chi connectivity index (χ2n) is 5.59. The fraction of sp³-hybridized carbons (Fsp3) is 0.312. The average Bonchev–Trinajstić information content (AvgIpc) is 3.30. The first-order valence-corrected chi connectivity index (χ1v) is 8.65. The van der Waals surface area contributed by atoms with Crippen LogP contribution in [0.25, 0.3) is 10.2 Å². The summed E-state index contributed by atoms with van der Waals surface area (Å²) in [5.41, 5.74) is 5.52. The van der Waals surface area contributed by atoms with Crippen molar-refractivity contribution in [1.82, 2.24) is 14.9 Å². The predicted molar refractivity (Wildman–Crippen MR) is 107 cm³/mol. The van der Waals surface area contributed by atoms with Crippen LogP contribution in [0.5, 0.6) is 0 Å². The summed E-state index contributed by atoms with van der Waals surface area (Å²) in [7, 11) is 0. The molecular weight excluding hydrogens is 397 g/mol. The number of carbonyl (C=O) groups excluding carboxylic acids is 1. The summed E-state index contributed by atoms with van der Waals surface area (Å²) in [5.74, 6) is 1.83. The lowest BCUT2D eigenvalue weighted by Crippen LogP contribution is -2.49. The minimum absolute atomic E-state index is 0. The Kier molecular flexibility index (Phi) is 6.82. The third-order valence-electron chi connectivity index (χ3n) is 4.18. The lowest BCUT2D eigenvalue weighted by molar-refractivity contribution is 0.0712. The summed E-state index contributed by atoms with van der Waals surface area (Å²) >= 11 is 1.61. The van der Waals surface area contributed by atoms with Gasteiger partial charge in [-0.05, 0) is 23.6 Å². The van der Waals surface area contributed by atoms with Gasteiger partial charge in [0.15, 0.2) is 5.76 Å². The molecule has 1 aliphatic heterocycles. The van der Waals surface area contributed by atoms with Crippen LogP contribution in [-0.4, -0.2) is 47.0 Å². The number of carbonyl (C=O) groups is 1. The molecule has 3 aromatic heterocycles. The number of nitrogens with zero attached hydrogens (tertiary/aromatic N) is 4. The molecule has 4 heterocycles. The first-order chi connectivity index (χ1) is 11.8. The molecular formula is C16H19Cl2N5O2S. The molecule has 4 rings (SSSR count). The summed E-state index contributed by atoms with van der Waals surface area (Å²) in [6.45, 7) is 3.03. The predicted octanol–water partition coefficient (Wildman–Crippen LogP) is 2.55. The Bertz CT molecular complexity index is 876. The van der Waals surface area contributed by atoms with E-state index in [9.17, 15) is 4.79 Å². The molecule has 0 spiro atoms. The molecule has 3 aromatic rings. The number of hydrogen-bond acceptors (Lipinski definition) is 7. The normalized spacial score (nSPS) is 14.0. The lowest BCUT2D eigenvalue weighted by atomic mass is 10.2. The number of fused-ring (bicyclic) bond motifs is 1. The van der Waals surface area contributed by atoms with Gasteiger partial charge in [-0.3, -0.25) is 4.79 Å². The van der Waals surface area contributed by atoms with E-state index in [1.54, 1.807) is 29.8 Å². The Morgan fingerprint density at radius 3 is 2.62 bits per heavy atom. The maximum atomic E-state index is 12.5. The zero-order chi connectivity index (χ0) is 16.5. The van der Waals surface area contributed by atoms with Gasteiger partial charge in [0, 0.05) is 26.2 Å².